The Kier molecular flexibility index (Phi) is 7.60. The molecule has 8 heteroatoms. The Morgan fingerprint density at radius 3 is 2.23 bits per heavy atom. The van der Waals surface area contributed by atoms with Crippen molar-refractivity contribution in [2.75, 3.05) is 4.31 Å². The Morgan fingerprint density at radius 2 is 1.51 bits per heavy atom. The van der Waals surface area contributed by atoms with Gasteiger partial charge >= 0.3 is 0 Å². The lowest BCUT2D eigenvalue weighted by molar-refractivity contribution is 0.0956. The predicted molar refractivity (Wildman–Crippen MR) is 139 cm³/mol. The van der Waals surface area contributed by atoms with Crippen LogP contribution in [-0.4, -0.2) is 20.5 Å². The zero-order chi connectivity index (χ0) is 24.7. The van der Waals surface area contributed by atoms with Crippen LogP contribution in [0.1, 0.15) is 21.5 Å². The molecule has 0 atom stereocenters. The first kappa shape index (κ1) is 24.2. The standard InChI is InChI=1S/C27H22ClN3O3S/c28-23-13-9-12-22(18-23)19-29-30-27(32)25-16-7-8-17-26(25)31(20-21-10-3-1-4-11-21)35(33,34)24-14-5-2-6-15-24/h1-19H,20H2,(H,30,32)/b29-19+. The highest BCUT2D eigenvalue weighted by molar-refractivity contribution is 7.92. The summed E-state index contributed by atoms with van der Waals surface area (Å²) in [5.41, 5.74) is 4.39. The highest BCUT2D eigenvalue weighted by atomic mass is 35.5. The number of hydrogen-bond acceptors (Lipinski definition) is 4. The highest BCUT2D eigenvalue weighted by Crippen LogP contribution is 2.29. The molecule has 0 unspecified atom stereocenters. The molecule has 1 amide bonds. The van der Waals surface area contributed by atoms with Gasteiger partial charge in [-0.25, -0.2) is 13.8 Å². The van der Waals surface area contributed by atoms with Crippen molar-refractivity contribution in [1.82, 2.24) is 5.43 Å². The zero-order valence-corrected chi connectivity index (χ0v) is 20.2. The van der Waals surface area contributed by atoms with Crippen molar-refractivity contribution in [3.05, 3.63) is 131 Å². The van der Waals surface area contributed by atoms with Crippen LogP contribution in [0, 0.1) is 0 Å². The highest BCUT2D eigenvalue weighted by Gasteiger charge is 2.28. The van der Waals surface area contributed by atoms with E-state index in [2.05, 4.69) is 10.5 Å². The fraction of sp³-hybridized carbons (Fsp3) is 0.0370. The molecule has 0 saturated carbocycles. The van der Waals surface area contributed by atoms with Gasteiger partial charge in [0, 0.05) is 5.02 Å². The summed E-state index contributed by atoms with van der Waals surface area (Å²) in [4.78, 5) is 13.2. The number of para-hydroxylation sites is 1. The van der Waals surface area contributed by atoms with E-state index in [1.807, 2.05) is 30.3 Å². The number of anilines is 1. The van der Waals surface area contributed by atoms with Crippen LogP contribution in [0.15, 0.2) is 119 Å². The van der Waals surface area contributed by atoms with Crippen LogP contribution >= 0.6 is 11.6 Å². The minimum absolute atomic E-state index is 0.0497. The second kappa shape index (κ2) is 11.0. The first-order valence-electron chi connectivity index (χ1n) is 10.7. The molecule has 0 heterocycles. The lowest BCUT2D eigenvalue weighted by Gasteiger charge is -2.26. The number of carbonyl (C=O) groups is 1. The summed E-state index contributed by atoms with van der Waals surface area (Å²) in [6.07, 6.45) is 1.47. The van der Waals surface area contributed by atoms with Crippen molar-refractivity contribution >= 4 is 39.4 Å². The molecule has 0 fully saturated rings. The van der Waals surface area contributed by atoms with E-state index in [-0.39, 0.29) is 22.7 Å². The van der Waals surface area contributed by atoms with Crippen molar-refractivity contribution in [1.29, 1.82) is 0 Å². The van der Waals surface area contributed by atoms with Gasteiger partial charge in [0.15, 0.2) is 0 Å². The van der Waals surface area contributed by atoms with Crippen molar-refractivity contribution in [3.63, 3.8) is 0 Å². The van der Waals surface area contributed by atoms with E-state index in [0.717, 1.165) is 5.56 Å². The number of benzene rings is 4. The molecule has 6 nitrogen and oxygen atoms in total. The lowest BCUT2D eigenvalue weighted by atomic mass is 10.1. The number of hydrogen-bond donors (Lipinski definition) is 1. The van der Waals surface area contributed by atoms with Crippen molar-refractivity contribution in [2.24, 2.45) is 5.10 Å². The zero-order valence-electron chi connectivity index (χ0n) is 18.6. The molecule has 0 aliphatic rings. The SMILES string of the molecule is O=C(N/N=C/c1cccc(Cl)c1)c1ccccc1N(Cc1ccccc1)S(=O)(=O)c1ccccc1. The van der Waals surface area contributed by atoms with Gasteiger partial charge in [-0.3, -0.25) is 9.10 Å². The molecule has 4 rings (SSSR count). The Balaban J connectivity index is 1.70. The number of nitrogens with one attached hydrogen (secondary N) is 1. The number of sulfonamides is 1. The molecule has 0 saturated heterocycles. The van der Waals surface area contributed by atoms with Gasteiger partial charge in [-0.2, -0.15) is 5.10 Å². The number of rotatable bonds is 8. The van der Waals surface area contributed by atoms with E-state index >= 15 is 0 Å². The number of hydrazone groups is 1. The molecular weight excluding hydrogens is 482 g/mol. The summed E-state index contributed by atoms with van der Waals surface area (Å²) in [6, 6.07) is 30.9. The average Bonchev–Trinajstić information content (AvgIpc) is 2.88. The summed E-state index contributed by atoms with van der Waals surface area (Å²) < 4.78 is 28.6. The van der Waals surface area contributed by atoms with Gasteiger partial charge in [0.25, 0.3) is 15.9 Å². The van der Waals surface area contributed by atoms with Crippen LogP contribution in [0.3, 0.4) is 0 Å². The van der Waals surface area contributed by atoms with Crippen molar-refractivity contribution < 1.29 is 13.2 Å². The Labute approximate surface area is 209 Å². The normalized spacial score (nSPS) is 11.3. The molecule has 35 heavy (non-hydrogen) atoms. The van der Waals surface area contributed by atoms with E-state index in [9.17, 15) is 13.2 Å². The van der Waals surface area contributed by atoms with E-state index in [4.69, 9.17) is 11.6 Å². The fourth-order valence-corrected chi connectivity index (χ4v) is 5.16. The number of amides is 1. The maximum atomic E-state index is 13.7. The van der Waals surface area contributed by atoms with Crippen LogP contribution in [0.2, 0.25) is 5.02 Å². The smallest absolute Gasteiger partial charge is 0.267 e. The first-order valence-corrected chi connectivity index (χ1v) is 12.6. The van der Waals surface area contributed by atoms with E-state index < -0.39 is 15.9 Å². The first-order chi connectivity index (χ1) is 16.9. The monoisotopic (exact) mass is 503 g/mol. The van der Waals surface area contributed by atoms with E-state index in [0.29, 0.717) is 10.6 Å². The summed E-state index contributed by atoms with van der Waals surface area (Å²) in [6.45, 7) is 0.0497. The molecule has 176 valence electrons. The van der Waals surface area contributed by atoms with Crippen LogP contribution in [-0.2, 0) is 16.6 Å². The number of nitrogens with zero attached hydrogens (tertiary/aromatic N) is 2. The van der Waals surface area contributed by atoms with Gasteiger partial charge in [-0.15, -0.1) is 0 Å². The second-order valence-corrected chi connectivity index (χ2v) is 9.88. The Hall–Kier alpha value is -3.94. The van der Waals surface area contributed by atoms with Gasteiger partial charge in [-0.05, 0) is 47.5 Å². The van der Waals surface area contributed by atoms with Gasteiger partial charge in [0.1, 0.15) is 0 Å². The van der Waals surface area contributed by atoms with Gasteiger partial charge in [0.05, 0.1) is 28.9 Å². The number of halogens is 1. The molecule has 0 spiro atoms. The molecule has 0 bridgehead atoms. The van der Waals surface area contributed by atoms with Crippen LogP contribution in [0.4, 0.5) is 5.69 Å². The number of carbonyl (C=O) groups excluding carboxylic acids is 1. The maximum absolute atomic E-state index is 13.7. The third-order valence-electron chi connectivity index (χ3n) is 5.15. The fourth-order valence-electron chi connectivity index (χ4n) is 3.46. The molecule has 0 aliphatic carbocycles. The summed E-state index contributed by atoms with van der Waals surface area (Å²) >= 11 is 5.99. The summed E-state index contributed by atoms with van der Waals surface area (Å²) in [5.74, 6) is -0.541. The molecule has 4 aromatic carbocycles. The summed E-state index contributed by atoms with van der Waals surface area (Å²) in [5, 5.41) is 4.56. The molecular formula is C27H22ClN3O3S. The van der Waals surface area contributed by atoms with Crippen LogP contribution in [0.25, 0.3) is 0 Å². The van der Waals surface area contributed by atoms with E-state index in [1.54, 1.807) is 66.7 Å². The van der Waals surface area contributed by atoms with Crippen molar-refractivity contribution in [2.45, 2.75) is 11.4 Å². The molecule has 0 radical (unpaired) electrons. The lowest BCUT2D eigenvalue weighted by Crippen LogP contribution is -2.33. The third-order valence-corrected chi connectivity index (χ3v) is 7.16. The van der Waals surface area contributed by atoms with Gasteiger partial charge < -0.3 is 0 Å². The topological polar surface area (TPSA) is 78.8 Å². The quantitative estimate of drug-likeness (QED) is 0.255. The average molecular weight is 504 g/mol. The molecule has 0 aromatic heterocycles. The van der Waals surface area contributed by atoms with Crippen LogP contribution < -0.4 is 9.73 Å². The second-order valence-electron chi connectivity index (χ2n) is 7.58. The largest absolute Gasteiger partial charge is 0.273 e. The Morgan fingerprint density at radius 1 is 0.857 bits per heavy atom. The Bertz CT molecular complexity index is 1440. The van der Waals surface area contributed by atoms with Gasteiger partial charge in [-0.1, -0.05) is 84.4 Å². The minimum atomic E-state index is -3.98. The molecule has 1 N–H and O–H groups in total. The van der Waals surface area contributed by atoms with Crippen LogP contribution in [0.5, 0.6) is 0 Å². The molecule has 4 aromatic rings. The van der Waals surface area contributed by atoms with Crippen molar-refractivity contribution in [3.8, 4) is 0 Å². The predicted octanol–water partition coefficient (Wildman–Crippen LogP) is 5.50. The minimum Gasteiger partial charge on any atom is -0.267 e. The van der Waals surface area contributed by atoms with E-state index in [1.165, 1.54) is 22.7 Å². The maximum Gasteiger partial charge on any atom is 0.273 e. The summed E-state index contributed by atoms with van der Waals surface area (Å²) in [7, 11) is -3.98. The third kappa shape index (κ3) is 5.95. The molecule has 0 aliphatic heterocycles. The van der Waals surface area contributed by atoms with Gasteiger partial charge in [0.2, 0.25) is 0 Å².